The number of nitrogens with one attached hydrogen (secondary N) is 1. The van der Waals surface area contributed by atoms with E-state index >= 15 is 0 Å². The van der Waals surface area contributed by atoms with Crippen LogP contribution in [0.2, 0.25) is 0 Å². The van der Waals surface area contributed by atoms with Crippen LogP contribution in [0.25, 0.3) is 0 Å². The lowest BCUT2D eigenvalue weighted by molar-refractivity contribution is 0.101. The first-order valence-corrected chi connectivity index (χ1v) is 8.05. The first-order valence-electron chi connectivity index (χ1n) is 8.05. The van der Waals surface area contributed by atoms with Gasteiger partial charge in [0.2, 0.25) is 0 Å². The zero-order chi connectivity index (χ0) is 14.7. The largest absolute Gasteiger partial charge is 0.487 e. The van der Waals surface area contributed by atoms with Gasteiger partial charge in [0.25, 0.3) is 0 Å². The Labute approximate surface area is 125 Å². The molecule has 2 aliphatic rings. The number of benzene rings is 1. The van der Waals surface area contributed by atoms with Gasteiger partial charge in [-0.15, -0.1) is 0 Å². The monoisotopic (exact) mass is 293 g/mol. The van der Waals surface area contributed by atoms with Crippen molar-refractivity contribution in [2.45, 2.75) is 57.3 Å². The third kappa shape index (κ3) is 4.17. The third-order valence-electron chi connectivity index (χ3n) is 4.36. The summed E-state index contributed by atoms with van der Waals surface area (Å²) in [7, 11) is 0. The van der Waals surface area contributed by atoms with Crippen molar-refractivity contribution in [1.29, 1.82) is 0 Å². The molecule has 116 valence electrons. The standard InChI is InChI=1S/C17H24FNO2/c18-17-13(4-2-6-16(17)21-15-7-8-15)11-19-10-12-3-1-5-14(20)9-12/h2,4,6,12,14-15,19-20H,1,3,5,7-11H2. The summed E-state index contributed by atoms with van der Waals surface area (Å²) in [5.41, 5.74) is 0.657. The minimum atomic E-state index is -0.236. The summed E-state index contributed by atoms with van der Waals surface area (Å²) in [6, 6.07) is 5.36. The normalized spacial score (nSPS) is 25.8. The van der Waals surface area contributed by atoms with E-state index < -0.39 is 0 Å². The number of aliphatic hydroxyl groups excluding tert-OH is 1. The Kier molecular flexibility index (Phi) is 4.76. The van der Waals surface area contributed by atoms with E-state index in [2.05, 4.69) is 5.32 Å². The molecule has 2 unspecified atom stereocenters. The Bertz CT molecular complexity index is 476. The highest BCUT2D eigenvalue weighted by Crippen LogP contribution is 2.29. The molecule has 2 aliphatic carbocycles. The van der Waals surface area contributed by atoms with Crippen LogP contribution in [0.1, 0.15) is 44.1 Å². The molecule has 4 heteroatoms. The lowest BCUT2D eigenvalue weighted by atomic mass is 9.87. The van der Waals surface area contributed by atoms with E-state index in [9.17, 15) is 9.50 Å². The fourth-order valence-electron chi connectivity index (χ4n) is 3.01. The third-order valence-corrected chi connectivity index (χ3v) is 4.36. The van der Waals surface area contributed by atoms with Gasteiger partial charge in [-0.05, 0) is 50.6 Å². The zero-order valence-electron chi connectivity index (χ0n) is 12.4. The van der Waals surface area contributed by atoms with Crippen LogP contribution in [-0.4, -0.2) is 23.9 Å². The summed E-state index contributed by atoms with van der Waals surface area (Å²) >= 11 is 0. The highest BCUT2D eigenvalue weighted by atomic mass is 19.1. The highest BCUT2D eigenvalue weighted by Gasteiger charge is 2.25. The molecule has 0 amide bonds. The van der Waals surface area contributed by atoms with Crippen molar-refractivity contribution >= 4 is 0 Å². The maximum atomic E-state index is 14.3. The van der Waals surface area contributed by atoms with Gasteiger partial charge < -0.3 is 15.2 Å². The van der Waals surface area contributed by atoms with Crippen molar-refractivity contribution in [2.75, 3.05) is 6.54 Å². The summed E-state index contributed by atoms with van der Waals surface area (Å²) in [6.45, 7) is 1.35. The molecule has 3 nitrogen and oxygen atoms in total. The van der Waals surface area contributed by atoms with E-state index in [4.69, 9.17) is 4.74 Å². The second-order valence-electron chi connectivity index (χ2n) is 6.36. The van der Waals surface area contributed by atoms with Crippen molar-refractivity contribution < 1.29 is 14.2 Å². The first kappa shape index (κ1) is 14.8. The first-order chi connectivity index (χ1) is 10.2. The van der Waals surface area contributed by atoms with Crippen LogP contribution >= 0.6 is 0 Å². The molecular formula is C17H24FNO2. The van der Waals surface area contributed by atoms with Crippen LogP contribution < -0.4 is 10.1 Å². The molecule has 2 atom stereocenters. The van der Waals surface area contributed by atoms with Gasteiger partial charge in [0, 0.05) is 12.1 Å². The quantitative estimate of drug-likeness (QED) is 0.847. The SMILES string of the molecule is OC1CCCC(CNCc2cccc(OC3CC3)c2F)C1. The second kappa shape index (κ2) is 6.75. The molecule has 1 aromatic carbocycles. The predicted molar refractivity (Wildman–Crippen MR) is 79.7 cm³/mol. The van der Waals surface area contributed by atoms with E-state index in [1.807, 2.05) is 6.07 Å². The smallest absolute Gasteiger partial charge is 0.169 e. The molecule has 2 fully saturated rings. The fourth-order valence-corrected chi connectivity index (χ4v) is 3.01. The maximum absolute atomic E-state index is 14.3. The predicted octanol–water partition coefficient (Wildman–Crippen LogP) is 3.01. The molecule has 0 spiro atoms. The molecular weight excluding hydrogens is 269 g/mol. The second-order valence-corrected chi connectivity index (χ2v) is 6.36. The molecule has 2 saturated carbocycles. The lowest BCUT2D eigenvalue weighted by Gasteiger charge is -2.26. The molecule has 0 bridgehead atoms. The van der Waals surface area contributed by atoms with Gasteiger partial charge in [-0.1, -0.05) is 18.6 Å². The van der Waals surface area contributed by atoms with Crippen molar-refractivity contribution in [3.05, 3.63) is 29.6 Å². The van der Waals surface area contributed by atoms with Crippen molar-refractivity contribution in [2.24, 2.45) is 5.92 Å². The van der Waals surface area contributed by atoms with Gasteiger partial charge in [-0.2, -0.15) is 0 Å². The van der Waals surface area contributed by atoms with Gasteiger partial charge in [-0.25, -0.2) is 4.39 Å². The van der Waals surface area contributed by atoms with Crippen LogP contribution in [-0.2, 0) is 6.54 Å². The van der Waals surface area contributed by atoms with Crippen LogP contribution in [0.15, 0.2) is 18.2 Å². The molecule has 3 rings (SSSR count). The molecule has 21 heavy (non-hydrogen) atoms. The Hall–Kier alpha value is -1.13. The van der Waals surface area contributed by atoms with Gasteiger partial charge in [0.1, 0.15) is 0 Å². The minimum Gasteiger partial charge on any atom is -0.487 e. The summed E-state index contributed by atoms with van der Waals surface area (Å²) in [5.74, 6) is 0.646. The summed E-state index contributed by atoms with van der Waals surface area (Å²) in [5, 5.41) is 13.0. The summed E-state index contributed by atoms with van der Waals surface area (Å²) in [6.07, 6.45) is 6.15. The summed E-state index contributed by atoms with van der Waals surface area (Å²) in [4.78, 5) is 0. The molecule has 2 N–H and O–H groups in total. The molecule has 0 radical (unpaired) electrons. The lowest BCUT2D eigenvalue weighted by Crippen LogP contribution is -2.29. The van der Waals surface area contributed by atoms with E-state index in [0.29, 0.717) is 23.8 Å². The van der Waals surface area contributed by atoms with Gasteiger partial charge >= 0.3 is 0 Å². The van der Waals surface area contributed by atoms with Crippen LogP contribution in [0.5, 0.6) is 5.75 Å². The highest BCUT2D eigenvalue weighted by molar-refractivity contribution is 5.31. The van der Waals surface area contributed by atoms with E-state index in [0.717, 1.165) is 45.1 Å². The number of hydrogen-bond donors (Lipinski definition) is 2. The van der Waals surface area contributed by atoms with E-state index in [1.54, 1.807) is 12.1 Å². The minimum absolute atomic E-state index is 0.155. The Morgan fingerprint density at radius 2 is 2.10 bits per heavy atom. The Balaban J connectivity index is 1.50. The number of hydrogen-bond acceptors (Lipinski definition) is 3. The molecule has 0 aromatic heterocycles. The Morgan fingerprint density at radius 3 is 2.86 bits per heavy atom. The zero-order valence-corrected chi connectivity index (χ0v) is 12.4. The number of rotatable bonds is 6. The van der Waals surface area contributed by atoms with E-state index in [-0.39, 0.29) is 18.0 Å². The van der Waals surface area contributed by atoms with Crippen LogP contribution in [0, 0.1) is 11.7 Å². The average Bonchev–Trinajstić information content (AvgIpc) is 3.27. The number of ether oxygens (including phenoxy) is 1. The van der Waals surface area contributed by atoms with Gasteiger partial charge in [-0.3, -0.25) is 0 Å². The van der Waals surface area contributed by atoms with Crippen molar-refractivity contribution in [1.82, 2.24) is 5.32 Å². The molecule has 0 aliphatic heterocycles. The summed E-state index contributed by atoms with van der Waals surface area (Å²) < 4.78 is 19.9. The molecule has 0 saturated heterocycles. The number of halogens is 1. The van der Waals surface area contributed by atoms with Crippen molar-refractivity contribution in [3.8, 4) is 5.75 Å². The molecule has 0 heterocycles. The van der Waals surface area contributed by atoms with Gasteiger partial charge in [0.05, 0.1) is 12.2 Å². The number of aliphatic hydroxyl groups is 1. The van der Waals surface area contributed by atoms with Gasteiger partial charge in [0.15, 0.2) is 11.6 Å². The average molecular weight is 293 g/mol. The fraction of sp³-hybridized carbons (Fsp3) is 0.647. The van der Waals surface area contributed by atoms with E-state index in [1.165, 1.54) is 0 Å². The maximum Gasteiger partial charge on any atom is 0.169 e. The van der Waals surface area contributed by atoms with Crippen molar-refractivity contribution in [3.63, 3.8) is 0 Å². The van der Waals surface area contributed by atoms with Crippen LogP contribution in [0.4, 0.5) is 4.39 Å². The topological polar surface area (TPSA) is 41.5 Å². The Morgan fingerprint density at radius 1 is 1.24 bits per heavy atom. The molecule has 1 aromatic rings. The van der Waals surface area contributed by atoms with Crippen LogP contribution in [0.3, 0.4) is 0 Å².